The number of rotatable bonds is 13. The summed E-state index contributed by atoms with van der Waals surface area (Å²) in [4.78, 5) is 69.0. The Morgan fingerprint density at radius 2 is 1.76 bits per heavy atom. The van der Waals surface area contributed by atoms with Gasteiger partial charge in [0.1, 0.15) is 23.3 Å². The number of benzene rings is 2. The summed E-state index contributed by atoms with van der Waals surface area (Å²) < 4.78 is 21.1. The Hall–Kier alpha value is -5.35. The highest BCUT2D eigenvalue weighted by Gasteiger charge is 2.42. The van der Waals surface area contributed by atoms with Crippen LogP contribution in [0.25, 0.3) is 0 Å². The van der Waals surface area contributed by atoms with Crippen molar-refractivity contribution in [3.05, 3.63) is 59.5 Å². The lowest BCUT2D eigenvalue weighted by atomic mass is 9.83. The lowest BCUT2D eigenvalue weighted by Gasteiger charge is -2.44. The number of methoxy groups -OCH3 is 1. The van der Waals surface area contributed by atoms with Gasteiger partial charge in [0.05, 0.1) is 30.6 Å². The molecule has 62 heavy (non-hydrogen) atoms. The Bertz CT molecular complexity index is 2150. The second-order valence-electron chi connectivity index (χ2n) is 17.8. The Morgan fingerprint density at radius 3 is 2.44 bits per heavy atom. The van der Waals surface area contributed by atoms with Crippen molar-refractivity contribution >= 4 is 52.5 Å². The lowest BCUT2D eigenvalue weighted by Crippen LogP contribution is -2.56. The summed E-state index contributed by atoms with van der Waals surface area (Å²) in [5.74, 6) is 0.313. The number of imide groups is 1. The van der Waals surface area contributed by atoms with Crippen molar-refractivity contribution < 1.29 is 33.4 Å². The average molecular weight is 854 g/mol. The first-order chi connectivity index (χ1) is 30.0. The highest BCUT2D eigenvalue weighted by atomic mass is 19.1. The molecule has 0 spiro atoms. The highest BCUT2D eigenvalue weighted by molar-refractivity contribution is 6.04. The number of aliphatic hydroxyl groups excluding tert-OH is 1. The number of anilines is 5. The smallest absolute Gasteiger partial charge is 0.251 e. The first kappa shape index (κ1) is 43.3. The first-order valence-corrected chi connectivity index (χ1v) is 22.4. The Morgan fingerprint density at radius 1 is 1.00 bits per heavy atom. The van der Waals surface area contributed by atoms with Crippen molar-refractivity contribution in [2.24, 2.45) is 5.92 Å². The molecule has 4 N–H and O–H groups in total. The molecule has 0 bridgehead atoms. The van der Waals surface area contributed by atoms with Crippen molar-refractivity contribution in [3.63, 3.8) is 0 Å². The van der Waals surface area contributed by atoms with Gasteiger partial charge in [-0.1, -0.05) is 25.8 Å². The van der Waals surface area contributed by atoms with E-state index in [-0.39, 0.29) is 54.6 Å². The van der Waals surface area contributed by atoms with Crippen LogP contribution in [0, 0.1) is 11.7 Å². The molecule has 3 aromatic rings. The number of amides is 4. The lowest BCUT2D eigenvalue weighted by molar-refractivity contribution is -0.134. The number of hydrogen-bond acceptors (Lipinski definition) is 12. The number of halogens is 1. The number of likely N-dealkylation sites (tertiary alicyclic amines) is 1. The minimum Gasteiger partial charge on any atom is -0.495 e. The second kappa shape index (κ2) is 18.6. The quantitative estimate of drug-likeness (QED) is 0.165. The first-order valence-electron chi connectivity index (χ1n) is 22.4. The van der Waals surface area contributed by atoms with Gasteiger partial charge in [0.25, 0.3) is 5.91 Å². The number of piperidine rings is 3. The molecule has 16 heteroatoms. The third kappa shape index (κ3) is 8.94. The van der Waals surface area contributed by atoms with Gasteiger partial charge in [-0.05, 0) is 99.6 Å². The van der Waals surface area contributed by atoms with E-state index < -0.39 is 11.5 Å². The van der Waals surface area contributed by atoms with Crippen molar-refractivity contribution in [2.45, 2.75) is 108 Å². The van der Waals surface area contributed by atoms with Crippen LogP contribution < -0.4 is 35.4 Å². The zero-order chi connectivity index (χ0) is 43.5. The number of carbonyl (C=O) groups excluding carboxylic acids is 4. The SMILES string of the molecule is CC[C@@H]1C(=O)N(C)c2cnc(Nc3ccc(C(=O)NC4(CCO)CCN(CC5CCN(c6ccc(C7CCC(=O)NC7=O)cc6F)CC5)CC4)cc3OC)nc2N1C1CCCC1. The van der Waals surface area contributed by atoms with Crippen LogP contribution in [-0.4, -0.2) is 115 Å². The monoisotopic (exact) mass is 853 g/mol. The van der Waals surface area contributed by atoms with E-state index in [4.69, 9.17) is 9.72 Å². The number of likely N-dealkylation sites (N-methyl/N-ethyl adjacent to an activating group) is 1. The van der Waals surface area contributed by atoms with E-state index in [1.807, 2.05) is 6.92 Å². The predicted octanol–water partition coefficient (Wildman–Crippen LogP) is 5.26. The summed E-state index contributed by atoms with van der Waals surface area (Å²) in [5.41, 5.74) is 2.30. The zero-order valence-corrected chi connectivity index (χ0v) is 36.1. The molecule has 1 saturated carbocycles. The Balaban J connectivity index is 0.859. The van der Waals surface area contributed by atoms with Crippen LogP contribution in [0.5, 0.6) is 5.75 Å². The number of nitrogens with zero attached hydrogens (tertiary/aromatic N) is 6. The van der Waals surface area contributed by atoms with Gasteiger partial charge in [-0.3, -0.25) is 24.5 Å². The summed E-state index contributed by atoms with van der Waals surface area (Å²) in [5, 5.41) is 19.1. The van der Waals surface area contributed by atoms with E-state index in [1.54, 1.807) is 55.6 Å². The van der Waals surface area contributed by atoms with Crippen molar-refractivity contribution in [2.75, 3.05) is 73.5 Å². The van der Waals surface area contributed by atoms with Crippen LogP contribution in [0.1, 0.15) is 106 Å². The molecule has 8 rings (SSSR count). The number of fused-ring (bicyclic) bond motifs is 1. The van der Waals surface area contributed by atoms with Crippen LogP contribution in [0.2, 0.25) is 0 Å². The number of ether oxygens (including phenoxy) is 1. The van der Waals surface area contributed by atoms with Crippen molar-refractivity contribution in [1.29, 1.82) is 0 Å². The fourth-order valence-electron chi connectivity index (χ4n) is 10.4. The maximum absolute atomic E-state index is 15.4. The van der Waals surface area contributed by atoms with Gasteiger partial charge in [-0.15, -0.1) is 0 Å². The van der Waals surface area contributed by atoms with Crippen LogP contribution >= 0.6 is 0 Å². The maximum Gasteiger partial charge on any atom is 0.251 e. The van der Waals surface area contributed by atoms with Gasteiger partial charge in [0.15, 0.2) is 5.82 Å². The van der Waals surface area contributed by atoms with E-state index in [0.29, 0.717) is 77.9 Å². The highest BCUT2D eigenvalue weighted by Crippen LogP contribution is 2.41. The van der Waals surface area contributed by atoms with Crippen molar-refractivity contribution in [3.8, 4) is 5.75 Å². The maximum atomic E-state index is 15.4. The molecule has 5 aliphatic rings. The molecule has 332 valence electrons. The molecule has 15 nitrogen and oxygen atoms in total. The molecule has 3 saturated heterocycles. The molecular weight excluding hydrogens is 794 g/mol. The van der Waals surface area contributed by atoms with E-state index in [1.165, 1.54) is 6.07 Å². The van der Waals surface area contributed by atoms with Gasteiger partial charge >= 0.3 is 0 Å². The van der Waals surface area contributed by atoms with Crippen LogP contribution in [-0.2, 0) is 14.4 Å². The molecule has 2 aromatic carbocycles. The minimum absolute atomic E-state index is 0.0438. The molecule has 1 aromatic heterocycles. The number of nitrogens with one attached hydrogen (secondary N) is 3. The standard InChI is InChI=1S/C46H60FN9O6/c1-4-36-44(61)53(2)38-27-48-45(51-41(38)56(36)32-7-5-6-8-32)49-35-12-9-31(26-39(35)62-3)42(59)52-46(19-24-57)17-22-54(23-18-46)28-29-15-20-55(21-16-29)37-13-10-30(25-34(37)47)33-11-14-40(58)50-43(33)60/h9-10,12-13,25-27,29,32-33,36,57H,4-8,11,14-24,28H2,1-3H3,(H,52,59)(H,48,49,51)(H,50,58,60)/t33?,36-/m1/s1. The summed E-state index contributed by atoms with van der Waals surface area (Å²) >= 11 is 0. The van der Waals surface area contributed by atoms with Crippen LogP contribution in [0.15, 0.2) is 42.6 Å². The molecule has 1 aliphatic carbocycles. The largest absolute Gasteiger partial charge is 0.495 e. The van der Waals surface area contributed by atoms with E-state index in [9.17, 15) is 24.3 Å². The minimum atomic E-state index is -0.555. The van der Waals surface area contributed by atoms with E-state index in [2.05, 4.69) is 35.6 Å². The summed E-state index contributed by atoms with van der Waals surface area (Å²) in [6.45, 7) is 5.94. The van der Waals surface area contributed by atoms with Crippen LogP contribution in [0.4, 0.5) is 33.2 Å². The van der Waals surface area contributed by atoms with E-state index in [0.717, 1.165) is 77.1 Å². The molecule has 1 unspecified atom stereocenters. The molecular formula is C46H60FN9O6. The molecule has 4 amide bonds. The summed E-state index contributed by atoms with van der Waals surface area (Å²) in [7, 11) is 3.33. The van der Waals surface area contributed by atoms with Gasteiger partial charge in [-0.25, -0.2) is 9.37 Å². The van der Waals surface area contributed by atoms with Gasteiger partial charge in [-0.2, -0.15) is 4.98 Å². The van der Waals surface area contributed by atoms with Crippen LogP contribution in [0.3, 0.4) is 0 Å². The normalized spacial score (nSPS) is 22.4. The molecule has 2 atom stereocenters. The van der Waals surface area contributed by atoms with Gasteiger partial charge < -0.3 is 40.1 Å². The topological polar surface area (TPSA) is 173 Å². The van der Waals surface area contributed by atoms with Gasteiger partial charge in [0, 0.05) is 69.9 Å². The fourth-order valence-corrected chi connectivity index (χ4v) is 10.4. The Labute approximate surface area is 362 Å². The number of hydrogen-bond donors (Lipinski definition) is 4. The number of carbonyl (C=O) groups is 4. The third-order valence-electron chi connectivity index (χ3n) is 14.0. The fraction of sp³-hybridized carbons (Fsp3) is 0.565. The zero-order valence-electron chi connectivity index (χ0n) is 36.1. The van der Waals surface area contributed by atoms with E-state index >= 15 is 4.39 Å². The second-order valence-corrected chi connectivity index (χ2v) is 17.8. The third-order valence-corrected chi connectivity index (χ3v) is 14.0. The molecule has 4 aliphatic heterocycles. The molecule has 5 heterocycles. The summed E-state index contributed by atoms with van der Waals surface area (Å²) in [6.07, 6.45) is 11.0. The number of aliphatic hydroxyl groups is 1. The average Bonchev–Trinajstić information content (AvgIpc) is 3.81. The van der Waals surface area contributed by atoms with Crippen molar-refractivity contribution in [1.82, 2.24) is 25.5 Å². The number of aromatic nitrogens is 2. The molecule has 4 fully saturated rings. The molecule has 0 radical (unpaired) electrons. The van der Waals surface area contributed by atoms with Gasteiger partial charge in [0.2, 0.25) is 23.7 Å². The Kier molecular flexibility index (Phi) is 13.0. The summed E-state index contributed by atoms with van der Waals surface area (Å²) in [6, 6.07) is 10.2. The predicted molar refractivity (Wildman–Crippen MR) is 235 cm³/mol.